The lowest BCUT2D eigenvalue weighted by Gasteiger charge is -2.12. The first kappa shape index (κ1) is 17.6. The van der Waals surface area contributed by atoms with Gasteiger partial charge in [-0.3, -0.25) is 14.7 Å². The number of rotatable bonds is 3. The number of alkyl halides is 3. The summed E-state index contributed by atoms with van der Waals surface area (Å²) in [5, 5.41) is 12.0. The quantitative estimate of drug-likeness (QED) is 0.717. The maximum Gasteiger partial charge on any atom is 0.276 e. The Bertz CT molecular complexity index is 733. The van der Waals surface area contributed by atoms with E-state index in [9.17, 15) is 9.59 Å². The molecular weight excluding hydrogens is 363 g/mol. The fourth-order valence-electron chi connectivity index (χ4n) is 1.86. The molecule has 0 fully saturated rings. The lowest BCUT2D eigenvalue weighted by atomic mass is 10.1. The third-order valence-electron chi connectivity index (χ3n) is 3.01. The predicted octanol–water partition coefficient (Wildman–Crippen LogP) is 3.59. The van der Waals surface area contributed by atoms with Crippen LogP contribution >= 0.6 is 34.8 Å². The van der Waals surface area contributed by atoms with Crippen molar-refractivity contribution in [2.45, 2.75) is 17.6 Å². The number of amides is 2. The Hall–Kier alpha value is -1.76. The van der Waals surface area contributed by atoms with Crippen LogP contribution in [-0.4, -0.2) is 25.8 Å². The van der Waals surface area contributed by atoms with Crippen LogP contribution < -0.4 is 10.6 Å². The SMILES string of the molecule is Cc1n[nH]c(C)c1NC(=O)c1cccc(NC(=O)C(Cl)(Cl)Cl)c1. The van der Waals surface area contributed by atoms with Crippen LogP contribution in [0.15, 0.2) is 24.3 Å². The number of carbonyl (C=O) groups is 2. The highest BCUT2D eigenvalue weighted by Gasteiger charge is 2.30. The van der Waals surface area contributed by atoms with Gasteiger partial charge in [0.25, 0.3) is 15.6 Å². The van der Waals surface area contributed by atoms with E-state index in [1.807, 2.05) is 0 Å². The van der Waals surface area contributed by atoms with E-state index in [0.29, 0.717) is 22.6 Å². The number of nitrogens with zero attached hydrogens (tertiary/aromatic N) is 1. The van der Waals surface area contributed by atoms with Gasteiger partial charge >= 0.3 is 0 Å². The van der Waals surface area contributed by atoms with Crippen molar-refractivity contribution in [3.63, 3.8) is 0 Å². The first-order chi connectivity index (χ1) is 10.7. The molecule has 122 valence electrons. The minimum absolute atomic E-state index is 0.340. The zero-order chi connectivity index (χ0) is 17.2. The molecule has 9 heteroatoms. The summed E-state index contributed by atoms with van der Waals surface area (Å²) in [6, 6.07) is 6.27. The summed E-state index contributed by atoms with van der Waals surface area (Å²) < 4.78 is -2.08. The Balaban J connectivity index is 2.16. The van der Waals surface area contributed by atoms with Gasteiger partial charge in [-0.2, -0.15) is 5.10 Å². The maximum atomic E-state index is 12.3. The molecule has 1 heterocycles. The minimum atomic E-state index is -2.08. The Morgan fingerprint density at radius 1 is 1.17 bits per heavy atom. The molecule has 1 aromatic heterocycles. The molecule has 2 amide bonds. The normalized spacial score (nSPS) is 11.2. The highest BCUT2D eigenvalue weighted by molar-refractivity contribution is 6.76. The van der Waals surface area contributed by atoms with E-state index in [4.69, 9.17) is 34.8 Å². The van der Waals surface area contributed by atoms with Crippen molar-refractivity contribution >= 4 is 58.0 Å². The number of H-pyrrole nitrogens is 1. The van der Waals surface area contributed by atoms with E-state index in [1.165, 1.54) is 6.07 Å². The molecule has 0 aliphatic heterocycles. The van der Waals surface area contributed by atoms with Crippen LogP contribution in [0.25, 0.3) is 0 Å². The molecule has 6 nitrogen and oxygen atoms in total. The van der Waals surface area contributed by atoms with E-state index in [1.54, 1.807) is 32.0 Å². The van der Waals surface area contributed by atoms with Gasteiger partial charge in [-0.15, -0.1) is 0 Å². The molecule has 23 heavy (non-hydrogen) atoms. The van der Waals surface area contributed by atoms with Gasteiger partial charge in [0.2, 0.25) is 0 Å². The Morgan fingerprint density at radius 2 is 1.87 bits per heavy atom. The average molecular weight is 376 g/mol. The van der Waals surface area contributed by atoms with Crippen molar-refractivity contribution in [2.24, 2.45) is 0 Å². The van der Waals surface area contributed by atoms with Gasteiger partial charge in [-0.05, 0) is 32.0 Å². The molecular formula is C14H13Cl3N4O2. The molecule has 0 aliphatic rings. The zero-order valence-corrected chi connectivity index (χ0v) is 14.5. The number of benzene rings is 1. The predicted molar refractivity (Wildman–Crippen MR) is 91.4 cm³/mol. The van der Waals surface area contributed by atoms with Gasteiger partial charge in [0, 0.05) is 11.3 Å². The van der Waals surface area contributed by atoms with Gasteiger partial charge in [-0.25, -0.2) is 0 Å². The topological polar surface area (TPSA) is 86.9 Å². The largest absolute Gasteiger partial charge is 0.322 e. The summed E-state index contributed by atoms with van der Waals surface area (Å²) in [6.07, 6.45) is 0. The van der Waals surface area contributed by atoms with Gasteiger partial charge in [0.15, 0.2) is 0 Å². The van der Waals surface area contributed by atoms with Crippen molar-refractivity contribution in [3.05, 3.63) is 41.2 Å². The van der Waals surface area contributed by atoms with Crippen molar-refractivity contribution in [3.8, 4) is 0 Å². The van der Waals surface area contributed by atoms with E-state index < -0.39 is 9.70 Å². The van der Waals surface area contributed by atoms with Crippen LogP contribution in [-0.2, 0) is 4.79 Å². The molecule has 0 saturated carbocycles. The molecule has 0 radical (unpaired) electrons. The minimum Gasteiger partial charge on any atom is -0.322 e. The Morgan fingerprint density at radius 3 is 2.43 bits per heavy atom. The van der Waals surface area contributed by atoms with Crippen molar-refractivity contribution in [2.75, 3.05) is 10.6 Å². The monoisotopic (exact) mass is 374 g/mol. The molecule has 0 bridgehead atoms. The van der Waals surface area contributed by atoms with Crippen LogP contribution in [0.3, 0.4) is 0 Å². The third kappa shape index (κ3) is 4.37. The van der Waals surface area contributed by atoms with Gasteiger partial charge in [0.1, 0.15) is 0 Å². The molecule has 0 aliphatic carbocycles. The molecule has 0 spiro atoms. The summed E-state index contributed by atoms with van der Waals surface area (Å²) >= 11 is 16.5. The zero-order valence-electron chi connectivity index (χ0n) is 12.2. The van der Waals surface area contributed by atoms with Crippen molar-refractivity contribution < 1.29 is 9.59 Å². The van der Waals surface area contributed by atoms with Crippen LogP contribution in [0.4, 0.5) is 11.4 Å². The summed E-state index contributed by atoms with van der Waals surface area (Å²) in [5.41, 5.74) is 2.72. The van der Waals surface area contributed by atoms with Gasteiger partial charge in [0.05, 0.1) is 17.1 Å². The number of aryl methyl sites for hydroxylation is 2. The van der Waals surface area contributed by atoms with E-state index in [2.05, 4.69) is 20.8 Å². The number of hydrogen-bond acceptors (Lipinski definition) is 3. The highest BCUT2D eigenvalue weighted by Crippen LogP contribution is 2.28. The fourth-order valence-corrected chi connectivity index (χ4v) is 2.00. The van der Waals surface area contributed by atoms with Gasteiger partial charge < -0.3 is 10.6 Å². The second-order valence-electron chi connectivity index (χ2n) is 4.80. The number of aromatic nitrogens is 2. The summed E-state index contributed by atoms with van der Waals surface area (Å²) in [7, 11) is 0. The third-order valence-corrected chi connectivity index (χ3v) is 3.52. The lowest BCUT2D eigenvalue weighted by Crippen LogP contribution is -2.27. The molecule has 1 aromatic carbocycles. The van der Waals surface area contributed by atoms with E-state index in [0.717, 1.165) is 5.69 Å². The van der Waals surface area contributed by atoms with Crippen LogP contribution in [0.5, 0.6) is 0 Å². The molecule has 2 aromatic rings. The number of halogens is 3. The smallest absolute Gasteiger partial charge is 0.276 e. The standard InChI is InChI=1S/C14H13Cl3N4O2/c1-7-11(8(2)21-20-7)19-12(22)9-4-3-5-10(6-9)18-13(23)14(15,16)17/h3-6H,1-2H3,(H,18,23)(H,19,22)(H,20,21). The van der Waals surface area contributed by atoms with E-state index in [-0.39, 0.29) is 5.91 Å². The summed E-state index contributed by atoms with van der Waals surface area (Å²) in [6.45, 7) is 3.57. The Kier molecular flexibility index (Phi) is 5.19. The summed E-state index contributed by atoms with van der Waals surface area (Å²) in [4.78, 5) is 23.9. The lowest BCUT2D eigenvalue weighted by molar-refractivity contribution is -0.115. The maximum absolute atomic E-state index is 12.3. The molecule has 0 atom stereocenters. The van der Waals surface area contributed by atoms with Gasteiger partial charge in [-0.1, -0.05) is 40.9 Å². The number of aromatic amines is 1. The highest BCUT2D eigenvalue weighted by atomic mass is 35.6. The van der Waals surface area contributed by atoms with E-state index >= 15 is 0 Å². The van der Waals surface area contributed by atoms with Crippen LogP contribution in [0, 0.1) is 13.8 Å². The molecule has 0 unspecified atom stereocenters. The first-order valence-electron chi connectivity index (χ1n) is 6.49. The Labute approximate surface area is 147 Å². The number of carbonyl (C=O) groups excluding carboxylic acids is 2. The van der Waals surface area contributed by atoms with Crippen LogP contribution in [0.1, 0.15) is 21.7 Å². The number of nitrogens with one attached hydrogen (secondary N) is 3. The first-order valence-corrected chi connectivity index (χ1v) is 7.63. The fraction of sp³-hybridized carbons (Fsp3) is 0.214. The second-order valence-corrected chi connectivity index (χ2v) is 7.08. The van der Waals surface area contributed by atoms with Crippen LogP contribution in [0.2, 0.25) is 0 Å². The molecule has 0 saturated heterocycles. The molecule has 3 N–H and O–H groups in total. The van der Waals surface area contributed by atoms with Crippen molar-refractivity contribution in [1.82, 2.24) is 10.2 Å². The summed E-state index contributed by atoms with van der Waals surface area (Å²) in [5.74, 6) is -1.15. The average Bonchev–Trinajstić information content (AvgIpc) is 2.78. The number of hydrogen-bond donors (Lipinski definition) is 3. The molecule has 2 rings (SSSR count). The number of anilines is 2. The van der Waals surface area contributed by atoms with Crippen molar-refractivity contribution in [1.29, 1.82) is 0 Å². The second kappa shape index (κ2) is 6.78.